The molecule has 0 aliphatic rings. The fourth-order valence-corrected chi connectivity index (χ4v) is 8.13. The molecule has 0 atom stereocenters. The van der Waals surface area contributed by atoms with Crippen molar-refractivity contribution in [3.8, 4) is 28.5 Å². The number of hydrogen-bond acceptors (Lipinski definition) is 1. The Bertz CT molecular complexity index is 3110. The maximum Gasteiger partial charge on any atom is 0.145 e. The van der Waals surface area contributed by atoms with Gasteiger partial charge in [0.25, 0.3) is 0 Å². The molecule has 8 aromatic carbocycles. The Hall–Kier alpha value is -6.91. The zero-order chi connectivity index (χ0) is 33.5. The van der Waals surface area contributed by atoms with E-state index in [2.05, 4.69) is 196 Å². The Morgan fingerprint density at radius 2 is 0.765 bits per heavy atom. The Morgan fingerprint density at radius 3 is 1.33 bits per heavy atom. The summed E-state index contributed by atoms with van der Waals surface area (Å²) in [6, 6.07) is 65.4. The third kappa shape index (κ3) is 4.17. The van der Waals surface area contributed by atoms with Gasteiger partial charge < -0.3 is 9.13 Å². The second-order valence-electron chi connectivity index (χ2n) is 13.3. The van der Waals surface area contributed by atoms with E-state index in [1.54, 1.807) is 0 Å². The van der Waals surface area contributed by atoms with Crippen molar-refractivity contribution in [2.45, 2.75) is 0 Å². The summed E-state index contributed by atoms with van der Waals surface area (Å²) in [4.78, 5) is 5.11. The van der Waals surface area contributed by atoms with Crippen molar-refractivity contribution in [1.29, 1.82) is 0 Å². The fourth-order valence-electron chi connectivity index (χ4n) is 8.13. The van der Waals surface area contributed by atoms with Gasteiger partial charge in [0.15, 0.2) is 0 Å². The lowest BCUT2D eigenvalue weighted by molar-refractivity contribution is 1.10. The molecule has 0 aliphatic carbocycles. The van der Waals surface area contributed by atoms with Crippen LogP contribution in [0.5, 0.6) is 0 Å². The Morgan fingerprint density at radius 1 is 0.314 bits per heavy atom. The number of fused-ring (bicyclic) bond motifs is 8. The topological polar surface area (TPSA) is 27.7 Å². The van der Waals surface area contributed by atoms with Crippen LogP contribution in [0.1, 0.15) is 0 Å². The molecule has 3 aromatic heterocycles. The molecule has 0 saturated carbocycles. The summed E-state index contributed by atoms with van der Waals surface area (Å²) in [7, 11) is 0. The van der Waals surface area contributed by atoms with Gasteiger partial charge in [0.2, 0.25) is 0 Å². The van der Waals surface area contributed by atoms with Gasteiger partial charge in [-0.3, -0.25) is 4.57 Å². The first kappa shape index (κ1) is 28.0. The summed E-state index contributed by atoms with van der Waals surface area (Å²) in [5.41, 5.74) is 11.4. The zero-order valence-corrected chi connectivity index (χ0v) is 27.6. The van der Waals surface area contributed by atoms with E-state index < -0.39 is 0 Å². The molecule has 0 N–H and O–H groups in total. The molecule has 238 valence electrons. The van der Waals surface area contributed by atoms with Crippen molar-refractivity contribution >= 4 is 65.4 Å². The summed E-state index contributed by atoms with van der Waals surface area (Å²) >= 11 is 0. The first-order valence-electron chi connectivity index (χ1n) is 17.4. The van der Waals surface area contributed by atoms with Crippen molar-refractivity contribution < 1.29 is 0 Å². The number of rotatable bonds is 4. The molecular weight excluding hydrogens is 621 g/mol. The van der Waals surface area contributed by atoms with Gasteiger partial charge in [-0.25, -0.2) is 4.98 Å². The quantitative estimate of drug-likeness (QED) is 0.186. The average molecular weight is 651 g/mol. The van der Waals surface area contributed by atoms with Gasteiger partial charge in [-0.15, -0.1) is 0 Å². The van der Waals surface area contributed by atoms with E-state index in [0.29, 0.717) is 0 Å². The lowest BCUT2D eigenvalue weighted by Gasteiger charge is -2.12. The third-order valence-electron chi connectivity index (χ3n) is 10.4. The minimum Gasteiger partial charge on any atom is -0.309 e. The third-order valence-corrected chi connectivity index (χ3v) is 10.4. The minimum absolute atomic E-state index is 0.931. The van der Waals surface area contributed by atoms with E-state index >= 15 is 0 Å². The van der Waals surface area contributed by atoms with Crippen LogP contribution in [0.4, 0.5) is 0 Å². The second kappa shape index (κ2) is 10.8. The average Bonchev–Trinajstić information content (AvgIpc) is 3.84. The van der Waals surface area contributed by atoms with Gasteiger partial charge in [0.05, 0.1) is 33.1 Å². The number of para-hydroxylation sites is 6. The fraction of sp³-hybridized carbons (Fsp3) is 0. The summed E-state index contributed by atoms with van der Waals surface area (Å²) in [5.74, 6) is 0.931. The van der Waals surface area contributed by atoms with Crippen LogP contribution < -0.4 is 0 Å². The number of benzene rings is 8. The summed E-state index contributed by atoms with van der Waals surface area (Å²) < 4.78 is 7.06. The van der Waals surface area contributed by atoms with Gasteiger partial charge in [-0.05, 0) is 108 Å². The SMILES string of the molecule is c1ccc(-n2c(-c3ccc(-n4c5ccccc5c5cc6cc7c(cc6cc54)c4ccccc4n7-c4ccccc4)cc3)nc3ccccc32)cc1. The molecule has 0 aliphatic heterocycles. The van der Waals surface area contributed by atoms with Gasteiger partial charge >= 0.3 is 0 Å². The Balaban J connectivity index is 1.12. The summed E-state index contributed by atoms with van der Waals surface area (Å²) in [6.07, 6.45) is 0. The standard InChI is InChI=1S/C47H30N4/c1-3-13-34(14-4-1)49-42-20-10-7-17-37(42)39-27-33-30-46-40(28-32(33)29-45(39)49)38-18-8-11-21-43(38)50(46)36-25-23-31(24-26-36)47-48-41-19-9-12-22-44(41)51(47)35-15-5-2-6-16-35/h1-30H. The van der Waals surface area contributed by atoms with Gasteiger partial charge in [-0.1, -0.05) is 84.9 Å². The molecule has 0 spiro atoms. The monoisotopic (exact) mass is 650 g/mol. The number of aromatic nitrogens is 4. The molecule has 4 heteroatoms. The smallest absolute Gasteiger partial charge is 0.145 e. The van der Waals surface area contributed by atoms with E-state index in [0.717, 1.165) is 33.8 Å². The van der Waals surface area contributed by atoms with E-state index in [-0.39, 0.29) is 0 Å². The highest BCUT2D eigenvalue weighted by molar-refractivity contribution is 6.18. The van der Waals surface area contributed by atoms with Crippen LogP contribution >= 0.6 is 0 Å². The van der Waals surface area contributed by atoms with Crippen molar-refractivity contribution in [3.05, 3.63) is 182 Å². The molecule has 4 nitrogen and oxygen atoms in total. The highest BCUT2D eigenvalue weighted by Crippen LogP contribution is 2.39. The van der Waals surface area contributed by atoms with Gasteiger partial charge in [0, 0.05) is 44.2 Å². The van der Waals surface area contributed by atoms with Crippen LogP contribution in [-0.4, -0.2) is 18.7 Å². The Labute approximate surface area is 293 Å². The largest absolute Gasteiger partial charge is 0.309 e. The first-order chi connectivity index (χ1) is 25.3. The van der Waals surface area contributed by atoms with E-state index in [1.807, 2.05) is 0 Å². The van der Waals surface area contributed by atoms with Crippen LogP contribution in [0.25, 0.3) is 93.9 Å². The van der Waals surface area contributed by atoms with Gasteiger partial charge in [-0.2, -0.15) is 0 Å². The predicted octanol–water partition coefficient (Wildman–Crippen LogP) is 12.0. The molecule has 0 fully saturated rings. The molecule has 0 unspecified atom stereocenters. The van der Waals surface area contributed by atoms with Crippen LogP contribution in [0, 0.1) is 0 Å². The summed E-state index contributed by atoms with van der Waals surface area (Å²) in [6.45, 7) is 0. The molecular formula is C47H30N4. The highest BCUT2D eigenvalue weighted by Gasteiger charge is 2.18. The molecule has 11 aromatic rings. The molecule has 11 rings (SSSR count). The molecule has 0 radical (unpaired) electrons. The molecule has 3 heterocycles. The predicted molar refractivity (Wildman–Crippen MR) is 213 cm³/mol. The molecule has 0 amide bonds. The second-order valence-corrected chi connectivity index (χ2v) is 13.3. The number of imidazole rings is 1. The van der Waals surface area contributed by atoms with Crippen molar-refractivity contribution in [2.75, 3.05) is 0 Å². The van der Waals surface area contributed by atoms with E-state index in [9.17, 15) is 0 Å². The van der Waals surface area contributed by atoms with Crippen LogP contribution in [0.2, 0.25) is 0 Å². The molecule has 0 bridgehead atoms. The zero-order valence-electron chi connectivity index (χ0n) is 27.6. The molecule has 51 heavy (non-hydrogen) atoms. The number of nitrogens with zero attached hydrogens (tertiary/aromatic N) is 4. The van der Waals surface area contributed by atoms with E-state index in [1.165, 1.54) is 60.1 Å². The minimum atomic E-state index is 0.931. The van der Waals surface area contributed by atoms with Crippen molar-refractivity contribution in [1.82, 2.24) is 18.7 Å². The lowest BCUT2D eigenvalue weighted by Crippen LogP contribution is -1.98. The Kier molecular flexibility index (Phi) is 5.92. The van der Waals surface area contributed by atoms with E-state index in [4.69, 9.17) is 4.98 Å². The van der Waals surface area contributed by atoms with Crippen LogP contribution in [-0.2, 0) is 0 Å². The molecule has 0 saturated heterocycles. The summed E-state index contributed by atoms with van der Waals surface area (Å²) in [5, 5.41) is 7.46. The maximum atomic E-state index is 5.11. The van der Waals surface area contributed by atoms with Gasteiger partial charge in [0.1, 0.15) is 5.82 Å². The lowest BCUT2D eigenvalue weighted by atomic mass is 10.0. The van der Waals surface area contributed by atoms with Crippen LogP contribution in [0.3, 0.4) is 0 Å². The normalized spacial score (nSPS) is 11.9. The first-order valence-corrected chi connectivity index (χ1v) is 17.4. The maximum absolute atomic E-state index is 5.11. The van der Waals surface area contributed by atoms with Crippen LogP contribution in [0.15, 0.2) is 182 Å². The highest BCUT2D eigenvalue weighted by atomic mass is 15.1. The van der Waals surface area contributed by atoms with Crippen molar-refractivity contribution in [2.24, 2.45) is 0 Å². The number of hydrogen-bond donors (Lipinski definition) is 0. The van der Waals surface area contributed by atoms with Crippen molar-refractivity contribution in [3.63, 3.8) is 0 Å².